The Kier molecular flexibility index (Phi) is 4.90. The normalized spacial score (nSPS) is 17.2. The molecule has 0 bridgehead atoms. The molecule has 0 aliphatic carbocycles. The van der Waals surface area contributed by atoms with Gasteiger partial charge in [0.15, 0.2) is 0 Å². The minimum atomic E-state index is -0.572. The van der Waals surface area contributed by atoms with Crippen molar-refractivity contribution < 1.29 is 14.7 Å². The zero-order chi connectivity index (χ0) is 15.2. The monoisotopic (exact) mass is 287 g/mol. The maximum atomic E-state index is 12.6. The van der Waals surface area contributed by atoms with Crippen molar-refractivity contribution >= 4 is 11.8 Å². The smallest absolute Gasteiger partial charge is 0.274 e. The van der Waals surface area contributed by atoms with Gasteiger partial charge in [0.1, 0.15) is 11.7 Å². The molecular weight excluding hydrogens is 270 g/mol. The van der Waals surface area contributed by atoms with Crippen LogP contribution in [0.15, 0.2) is 18.3 Å². The van der Waals surface area contributed by atoms with Gasteiger partial charge in [0, 0.05) is 19.2 Å². The Labute approximate surface area is 123 Å². The fourth-order valence-electron chi connectivity index (χ4n) is 2.33. The number of pyridine rings is 1. The summed E-state index contributed by atoms with van der Waals surface area (Å²) in [6.45, 7) is 0.457. The van der Waals surface area contributed by atoms with Gasteiger partial charge in [-0.05, 0) is 25.0 Å². The second-order valence-corrected chi connectivity index (χ2v) is 4.73. The second-order valence-electron chi connectivity index (χ2n) is 4.73. The zero-order valence-corrected chi connectivity index (χ0v) is 11.6. The van der Waals surface area contributed by atoms with Crippen LogP contribution in [0.4, 0.5) is 0 Å². The quantitative estimate of drug-likeness (QED) is 0.759. The number of hydrogen-bond acceptors (Lipinski definition) is 4. The first kappa shape index (κ1) is 15.0. The Morgan fingerprint density at radius 1 is 1.52 bits per heavy atom. The van der Waals surface area contributed by atoms with Gasteiger partial charge in [-0.25, -0.2) is 4.98 Å². The van der Waals surface area contributed by atoms with Gasteiger partial charge in [-0.15, -0.1) is 0 Å². The number of primary amides is 1. The summed E-state index contributed by atoms with van der Waals surface area (Å²) in [7, 11) is 0. The van der Waals surface area contributed by atoms with E-state index in [4.69, 9.17) is 10.8 Å². The van der Waals surface area contributed by atoms with Crippen LogP contribution in [-0.2, 0) is 4.79 Å². The standard InChI is InChI=1S/C15H17N3O3/c16-14(20)12-7-4-9-18(12)15(21)13-11(5-1-2-10-19)6-3-8-17-13/h3,6,8,12,19H,2,4,7,9-10H2,(H2,16,20). The molecule has 1 saturated heterocycles. The molecule has 21 heavy (non-hydrogen) atoms. The third-order valence-electron chi connectivity index (χ3n) is 3.31. The number of aromatic nitrogens is 1. The van der Waals surface area contributed by atoms with Crippen molar-refractivity contribution in [2.24, 2.45) is 5.73 Å². The van der Waals surface area contributed by atoms with E-state index in [0.717, 1.165) is 6.42 Å². The van der Waals surface area contributed by atoms with Gasteiger partial charge in [-0.1, -0.05) is 11.8 Å². The van der Waals surface area contributed by atoms with Crippen molar-refractivity contribution in [2.45, 2.75) is 25.3 Å². The fraction of sp³-hybridized carbons (Fsp3) is 0.400. The van der Waals surface area contributed by atoms with E-state index < -0.39 is 11.9 Å². The van der Waals surface area contributed by atoms with Crippen molar-refractivity contribution in [3.05, 3.63) is 29.6 Å². The number of rotatable bonds is 3. The molecule has 1 aliphatic rings. The van der Waals surface area contributed by atoms with E-state index in [0.29, 0.717) is 24.9 Å². The van der Waals surface area contributed by atoms with Crippen molar-refractivity contribution in [3.8, 4) is 11.8 Å². The maximum Gasteiger partial charge on any atom is 0.274 e. The number of nitrogens with two attached hydrogens (primary N) is 1. The largest absolute Gasteiger partial charge is 0.395 e. The lowest BCUT2D eigenvalue weighted by molar-refractivity contribution is -0.121. The molecule has 1 aromatic heterocycles. The number of carbonyl (C=O) groups excluding carboxylic acids is 2. The molecule has 2 amide bonds. The van der Waals surface area contributed by atoms with Crippen LogP contribution in [0, 0.1) is 11.8 Å². The van der Waals surface area contributed by atoms with Gasteiger partial charge in [0.2, 0.25) is 5.91 Å². The number of likely N-dealkylation sites (tertiary alicyclic amines) is 1. The molecule has 1 unspecified atom stereocenters. The molecule has 110 valence electrons. The van der Waals surface area contributed by atoms with Crippen LogP contribution in [0.1, 0.15) is 35.3 Å². The lowest BCUT2D eigenvalue weighted by Gasteiger charge is -2.22. The van der Waals surface area contributed by atoms with Crippen LogP contribution >= 0.6 is 0 Å². The third kappa shape index (κ3) is 3.38. The summed E-state index contributed by atoms with van der Waals surface area (Å²) in [4.78, 5) is 29.5. The number of hydrogen-bond donors (Lipinski definition) is 2. The predicted molar refractivity (Wildman–Crippen MR) is 76.1 cm³/mol. The summed E-state index contributed by atoms with van der Waals surface area (Å²) in [6.07, 6.45) is 3.17. The van der Waals surface area contributed by atoms with Gasteiger partial charge in [0.05, 0.1) is 12.2 Å². The number of nitrogens with zero attached hydrogens (tertiary/aromatic N) is 2. The van der Waals surface area contributed by atoms with Gasteiger partial charge in [-0.2, -0.15) is 0 Å². The molecule has 1 aliphatic heterocycles. The minimum Gasteiger partial charge on any atom is -0.395 e. The van der Waals surface area contributed by atoms with Crippen LogP contribution in [0.5, 0.6) is 0 Å². The van der Waals surface area contributed by atoms with Gasteiger partial charge >= 0.3 is 0 Å². The lowest BCUT2D eigenvalue weighted by Crippen LogP contribution is -2.44. The number of amides is 2. The van der Waals surface area contributed by atoms with Crippen LogP contribution in [0.2, 0.25) is 0 Å². The minimum absolute atomic E-state index is 0.0353. The third-order valence-corrected chi connectivity index (χ3v) is 3.31. The maximum absolute atomic E-state index is 12.6. The van der Waals surface area contributed by atoms with Crippen LogP contribution < -0.4 is 5.73 Å². The Bertz CT molecular complexity index is 604. The Morgan fingerprint density at radius 3 is 3.05 bits per heavy atom. The molecular formula is C15H17N3O3. The molecule has 2 heterocycles. The second kappa shape index (κ2) is 6.86. The van der Waals surface area contributed by atoms with Crippen molar-refractivity contribution in [1.82, 2.24) is 9.88 Å². The Hall–Kier alpha value is -2.39. The molecule has 1 fully saturated rings. The summed E-state index contributed by atoms with van der Waals surface area (Å²) in [5.41, 5.74) is 6.04. The van der Waals surface area contributed by atoms with E-state index in [-0.39, 0.29) is 18.2 Å². The predicted octanol–water partition coefficient (Wildman–Crippen LogP) is -0.0946. The summed E-state index contributed by atoms with van der Waals surface area (Å²) in [5, 5.41) is 8.75. The molecule has 1 atom stereocenters. The van der Waals surface area contributed by atoms with Crippen LogP contribution in [0.25, 0.3) is 0 Å². The van der Waals surface area contributed by atoms with E-state index in [9.17, 15) is 9.59 Å². The van der Waals surface area contributed by atoms with E-state index in [1.165, 1.54) is 11.1 Å². The molecule has 0 aromatic carbocycles. The van der Waals surface area contributed by atoms with E-state index in [1.54, 1.807) is 12.1 Å². The highest BCUT2D eigenvalue weighted by Gasteiger charge is 2.34. The summed E-state index contributed by atoms with van der Waals surface area (Å²) >= 11 is 0. The average Bonchev–Trinajstić information content (AvgIpc) is 2.97. The molecule has 1 aromatic rings. The highest BCUT2D eigenvalue weighted by Crippen LogP contribution is 2.20. The first-order valence-corrected chi connectivity index (χ1v) is 6.80. The van der Waals surface area contributed by atoms with Gasteiger partial charge in [-0.3, -0.25) is 9.59 Å². The average molecular weight is 287 g/mol. The zero-order valence-electron chi connectivity index (χ0n) is 11.6. The van der Waals surface area contributed by atoms with Crippen LogP contribution in [0.3, 0.4) is 0 Å². The number of carbonyl (C=O) groups is 2. The van der Waals surface area contributed by atoms with Gasteiger partial charge < -0.3 is 15.7 Å². The van der Waals surface area contributed by atoms with E-state index >= 15 is 0 Å². The number of aliphatic hydroxyl groups is 1. The first-order chi connectivity index (χ1) is 10.1. The van der Waals surface area contributed by atoms with Gasteiger partial charge in [0.25, 0.3) is 5.91 Å². The highest BCUT2D eigenvalue weighted by molar-refractivity contribution is 5.98. The van der Waals surface area contributed by atoms with Crippen molar-refractivity contribution in [3.63, 3.8) is 0 Å². The number of aliphatic hydroxyl groups excluding tert-OH is 1. The Morgan fingerprint density at radius 2 is 2.33 bits per heavy atom. The molecule has 6 heteroatoms. The van der Waals surface area contributed by atoms with E-state index in [1.807, 2.05) is 0 Å². The highest BCUT2D eigenvalue weighted by atomic mass is 16.2. The van der Waals surface area contributed by atoms with Crippen molar-refractivity contribution in [2.75, 3.05) is 13.2 Å². The summed E-state index contributed by atoms with van der Waals surface area (Å²) in [5.74, 6) is 4.77. The molecule has 2 rings (SSSR count). The summed E-state index contributed by atoms with van der Waals surface area (Å²) in [6, 6.07) is 2.81. The topological polar surface area (TPSA) is 96.5 Å². The molecule has 0 saturated carbocycles. The lowest BCUT2D eigenvalue weighted by atomic mass is 10.1. The summed E-state index contributed by atoms with van der Waals surface area (Å²) < 4.78 is 0. The molecule has 0 radical (unpaired) electrons. The van der Waals surface area contributed by atoms with E-state index in [2.05, 4.69) is 16.8 Å². The Balaban J connectivity index is 2.27. The molecule has 6 nitrogen and oxygen atoms in total. The molecule has 3 N–H and O–H groups in total. The SMILES string of the molecule is NC(=O)C1CCCN1C(=O)c1ncccc1C#CCCO. The van der Waals surface area contributed by atoms with Crippen molar-refractivity contribution in [1.29, 1.82) is 0 Å². The van der Waals surface area contributed by atoms with Crippen LogP contribution in [-0.4, -0.2) is 46.0 Å². The molecule has 0 spiro atoms. The first-order valence-electron chi connectivity index (χ1n) is 6.80. The fourth-order valence-corrected chi connectivity index (χ4v) is 2.33.